The molecule has 0 saturated carbocycles. The summed E-state index contributed by atoms with van der Waals surface area (Å²) in [7, 11) is 0. The first-order chi connectivity index (χ1) is 13.4. The quantitative estimate of drug-likeness (QED) is 0.383. The van der Waals surface area contributed by atoms with Crippen LogP contribution in [0.3, 0.4) is 0 Å². The van der Waals surface area contributed by atoms with Crippen molar-refractivity contribution in [2.24, 2.45) is 0 Å². The maximum Gasteiger partial charge on any atom is 0.249 e. The molecule has 4 amide bonds. The van der Waals surface area contributed by atoms with E-state index < -0.39 is 35.8 Å². The number of carbonyl (C=O) groups excluding carboxylic acids is 4. The van der Waals surface area contributed by atoms with Gasteiger partial charge in [0.15, 0.2) is 0 Å². The highest BCUT2D eigenvalue weighted by atomic mass is 32.2. The zero-order valence-corrected chi connectivity index (χ0v) is 16.3. The molecule has 1 aromatic rings. The third-order valence-corrected chi connectivity index (χ3v) is 5.99. The molecule has 28 heavy (non-hydrogen) atoms. The topological polar surface area (TPSA) is 145 Å². The van der Waals surface area contributed by atoms with Crippen LogP contribution < -0.4 is 21.3 Å². The van der Waals surface area contributed by atoms with Gasteiger partial charge < -0.3 is 20.9 Å². The maximum atomic E-state index is 12.7. The fourth-order valence-corrected chi connectivity index (χ4v) is 4.03. The van der Waals surface area contributed by atoms with Crippen LogP contribution >= 0.6 is 11.8 Å². The Morgan fingerprint density at radius 2 is 2.14 bits per heavy atom. The number of aromatic amines is 1. The summed E-state index contributed by atoms with van der Waals surface area (Å²) in [5.74, 6) is -1.25. The number of rotatable bonds is 6. The van der Waals surface area contributed by atoms with Gasteiger partial charge in [-0.05, 0) is 26.3 Å². The molecule has 11 heteroatoms. The van der Waals surface area contributed by atoms with Gasteiger partial charge in [-0.3, -0.25) is 24.5 Å². The average Bonchev–Trinajstić information content (AvgIpc) is 3.37. The molecule has 3 unspecified atom stereocenters. The molecule has 10 nitrogen and oxygen atoms in total. The maximum absolute atomic E-state index is 12.7. The first-order valence-corrected chi connectivity index (χ1v) is 10.3. The molecule has 0 bridgehead atoms. The largest absolute Gasteiger partial charge is 0.348 e. The zero-order chi connectivity index (χ0) is 20.1. The van der Waals surface area contributed by atoms with Gasteiger partial charge in [0.2, 0.25) is 23.6 Å². The molecule has 2 aliphatic heterocycles. The molecule has 152 valence electrons. The minimum Gasteiger partial charge on any atom is -0.348 e. The van der Waals surface area contributed by atoms with Gasteiger partial charge in [-0.15, -0.1) is 11.8 Å². The third-order valence-electron chi connectivity index (χ3n) is 4.75. The van der Waals surface area contributed by atoms with E-state index in [9.17, 15) is 19.2 Å². The normalized spacial score (nSPS) is 25.6. The highest BCUT2D eigenvalue weighted by molar-refractivity contribution is 8.00. The Bertz CT molecular complexity index is 734. The van der Waals surface area contributed by atoms with E-state index in [-0.39, 0.29) is 17.6 Å². The first-order valence-electron chi connectivity index (χ1n) is 9.21. The Kier molecular flexibility index (Phi) is 6.68. The van der Waals surface area contributed by atoms with E-state index in [1.54, 1.807) is 13.1 Å². The molecule has 5 N–H and O–H groups in total. The molecule has 3 heterocycles. The van der Waals surface area contributed by atoms with Gasteiger partial charge in [-0.25, -0.2) is 4.98 Å². The lowest BCUT2D eigenvalue weighted by Gasteiger charge is -2.27. The van der Waals surface area contributed by atoms with Crippen LogP contribution in [0.1, 0.15) is 25.5 Å². The number of H-pyrrole nitrogens is 1. The van der Waals surface area contributed by atoms with Gasteiger partial charge >= 0.3 is 0 Å². The highest BCUT2D eigenvalue weighted by Crippen LogP contribution is 2.17. The lowest BCUT2D eigenvalue weighted by atomic mass is 10.1. The number of hydrogen-bond donors (Lipinski definition) is 5. The summed E-state index contributed by atoms with van der Waals surface area (Å²) in [6.45, 7) is 2.50. The van der Waals surface area contributed by atoms with Crippen molar-refractivity contribution in [2.45, 2.75) is 49.6 Å². The Morgan fingerprint density at radius 3 is 2.79 bits per heavy atom. The van der Waals surface area contributed by atoms with E-state index in [1.807, 2.05) is 0 Å². The monoisotopic (exact) mass is 408 g/mol. The Balaban J connectivity index is 1.64. The van der Waals surface area contributed by atoms with Crippen LogP contribution in [0.15, 0.2) is 12.5 Å². The molecule has 4 atom stereocenters. The number of imide groups is 1. The van der Waals surface area contributed by atoms with E-state index in [0.29, 0.717) is 17.9 Å². The van der Waals surface area contributed by atoms with Crippen molar-refractivity contribution >= 4 is 35.4 Å². The van der Waals surface area contributed by atoms with Gasteiger partial charge in [0, 0.05) is 24.1 Å². The average molecular weight is 408 g/mol. The predicted molar refractivity (Wildman–Crippen MR) is 102 cm³/mol. The predicted octanol–water partition coefficient (Wildman–Crippen LogP) is -1.55. The van der Waals surface area contributed by atoms with E-state index in [4.69, 9.17) is 0 Å². The highest BCUT2D eigenvalue weighted by Gasteiger charge is 2.33. The Morgan fingerprint density at radius 1 is 1.32 bits per heavy atom. The van der Waals surface area contributed by atoms with Crippen LogP contribution in [0.4, 0.5) is 0 Å². The fraction of sp³-hybridized carbons (Fsp3) is 0.588. The van der Waals surface area contributed by atoms with Crippen LogP contribution in [-0.4, -0.2) is 69.3 Å². The van der Waals surface area contributed by atoms with Crippen LogP contribution in [0.2, 0.25) is 0 Å². The second-order valence-electron chi connectivity index (χ2n) is 6.88. The molecule has 0 radical (unpaired) electrons. The van der Waals surface area contributed by atoms with E-state index >= 15 is 0 Å². The molecule has 0 aromatic carbocycles. The molecule has 1 aromatic heterocycles. The summed E-state index contributed by atoms with van der Waals surface area (Å²) in [6.07, 6.45) is 4.71. The van der Waals surface area contributed by atoms with Crippen LogP contribution in [0.25, 0.3) is 0 Å². The lowest BCUT2D eigenvalue weighted by Crippen LogP contribution is -2.59. The molecule has 0 aliphatic carbocycles. The van der Waals surface area contributed by atoms with Gasteiger partial charge in [-0.2, -0.15) is 0 Å². The summed E-state index contributed by atoms with van der Waals surface area (Å²) in [5, 5.41) is 10.5. The molecule has 0 spiro atoms. The van der Waals surface area contributed by atoms with Crippen molar-refractivity contribution in [1.29, 1.82) is 0 Å². The van der Waals surface area contributed by atoms with Crippen LogP contribution in [-0.2, 0) is 25.6 Å². The zero-order valence-electron chi connectivity index (χ0n) is 15.5. The number of nitrogens with one attached hydrogen (secondary N) is 5. The Hall–Kier alpha value is -2.40. The Labute approximate surface area is 166 Å². The fourth-order valence-electron chi connectivity index (χ4n) is 3.09. The van der Waals surface area contributed by atoms with Crippen molar-refractivity contribution in [3.05, 3.63) is 18.2 Å². The van der Waals surface area contributed by atoms with Crippen molar-refractivity contribution in [3.8, 4) is 0 Å². The van der Waals surface area contributed by atoms with Crippen LogP contribution in [0, 0.1) is 0 Å². The number of amides is 4. The van der Waals surface area contributed by atoms with E-state index in [2.05, 4.69) is 31.2 Å². The molecular formula is C17H24N6O4S. The number of thioether (sulfide) groups is 1. The van der Waals surface area contributed by atoms with Gasteiger partial charge in [0.05, 0.1) is 17.6 Å². The SMILES string of the molecule is CC1SCC(C(=O)NC(Cc2cnc[nH]2)C(=O)NC(=O)[C@@H]2CCCN2)NC1=O. The number of aromatic nitrogens is 2. The second-order valence-corrected chi connectivity index (χ2v) is 8.26. The van der Waals surface area contributed by atoms with Crippen molar-refractivity contribution in [1.82, 2.24) is 31.2 Å². The summed E-state index contributed by atoms with van der Waals surface area (Å²) in [6, 6.07) is -2.10. The number of nitrogens with zero attached hydrogens (tertiary/aromatic N) is 1. The third kappa shape index (κ3) is 5.10. The standard InChI is InChI=1S/C17H24N6O4S/c1-9-14(24)22-13(7-28-9)17(27)21-12(5-10-6-18-8-20-10)16(26)23-15(25)11-3-2-4-19-11/h6,8-9,11-13,19H,2-5,7H2,1H3,(H,18,20)(H,21,27)(H,22,24)(H,23,25,26)/t9?,11-,12?,13?/m0/s1. The summed E-state index contributed by atoms with van der Waals surface area (Å²) in [5.41, 5.74) is 0.641. The van der Waals surface area contributed by atoms with Crippen molar-refractivity contribution in [2.75, 3.05) is 12.3 Å². The summed E-state index contributed by atoms with van der Waals surface area (Å²) < 4.78 is 0. The van der Waals surface area contributed by atoms with Crippen LogP contribution in [0.5, 0.6) is 0 Å². The minimum absolute atomic E-state index is 0.146. The number of hydrogen-bond acceptors (Lipinski definition) is 7. The molecule has 2 saturated heterocycles. The van der Waals surface area contributed by atoms with Gasteiger partial charge in [0.1, 0.15) is 12.1 Å². The molecular weight excluding hydrogens is 384 g/mol. The summed E-state index contributed by atoms with van der Waals surface area (Å²) in [4.78, 5) is 56.1. The molecule has 2 fully saturated rings. The summed E-state index contributed by atoms with van der Waals surface area (Å²) >= 11 is 1.38. The van der Waals surface area contributed by atoms with E-state index in [0.717, 1.165) is 13.0 Å². The van der Waals surface area contributed by atoms with Gasteiger partial charge in [-0.1, -0.05) is 0 Å². The van der Waals surface area contributed by atoms with Crippen molar-refractivity contribution < 1.29 is 19.2 Å². The first kappa shape index (κ1) is 20.3. The van der Waals surface area contributed by atoms with Gasteiger partial charge in [0.25, 0.3) is 0 Å². The second kappa shape index (κ2) is 9.20. The smallest absolute Gasteiger partial charge is 0.249 e. The lowest BCUT2D eigenvalue weighted by molar-refractivity contribution is -0.135. The molecule has 2 aliphatic rings. The number of imidazole rings is 1. The van der Waals surface area contributed by atoms with Crippen molar-refractivity contribution in [3.63, 3.8) is 0 Å². The number of carbonyl (C=O) groups is 4. The van der Waals surface area contributed by atoms with E-state index in [1.165, 1.54) is 18.1 Å². The minimum atomic E-state index is -0.973. The molecule has 3 rings (SSSR count).